The fourth-order valence-electron chi connectivity index (χ4n) is 3.22. The third-order valence-electron chi connectivity index (χ3n) is 4.42. The summed E-state index contributed by atoms with van der Waals surface area (Å²) in [6, 6.07) is 4.31. The summed E-state index contributed by atoms with van der Waals surface area (Å²) in [7, 11) is 1.69. The van der Waals surface area contributed by atoms with Gasteiger partial charge in [0, 0.05) is 18.7 Å². The molecule has 0 saturated carbocycles. The van der Waals surface area contributed by atoms with Crippen molar-refractivity contribution < 1.29 is 14.3 Å². The summed E-state index contributed by atoms with van der Waals surface area (Å²) in [5, 5.41) is 2.99. The van der Waals surface area contributed by atoms with Crippen LogP contribution in [-0.2, 0) is 28.9 Å². The summed E-state index contributed by atoms with van der Waals surface area (Å²) in [6.45, 7) is 1.20. The zero-order chi connectivity index (χ0) is 14.7. The van der Waals surface area contributed by atoms with Crippen molar-refractivity contribution in [3.8, 4) is 5.75 Å². The Kier molecular flexibility index (Phi) is 4.44. The number of methoxy groups -OCH3 is 1. The Balaban J connectivity index is 1.65. The molecule has 1 aromatic rings. The van der Waals surface area contributed by atoms with Gasteiger partial charge in [0.1, 0.15) is 11.9 Å². The minimum atomic E-state index is -0.279. The van der Waals surface area contributed by atoms with Gasteiger partial charge in [0.25, 0.3) is 0 Å². The van der Waals surface area contributed by atoms with E-state index >= 15 is 0 Å². The van der Waals surface area contributed by atoms with E-state index in [0.717, 1.165) is 43.4 Å². The molecule has 0 spiro atoms. The van der Waals surface area contributed by atoms with Crippen molar-refractivity contribution >= 4 is 5.91 Å². The molecule has 0 bridgehead atoms. The number of amides is 1. The van der Waals surface area contributed by atoms with E-state index in [-0.39, 0.29) is 12.0 Å². The fourth-order valence-corrected chi connectivity index (χ4v) is 3.22. The molecule has 0 unspecified atom stereocenters. The van der Waals surface area contributed by atoms with Crippen LogP contribution in [-0.4, -0.2) is 25.7 Å². The summed E-state index contributed by atoms with van der Waals surface area (Å²) >= 11 is 0. The molecule has 1 aliphatic heterocycles. The molecule has 0 radical (unpaired) electrons. The highest BCUT2D eigenvalue weighted by Crippen LogP contribution is 2.29. The molecule has 1 aromatic carbocycles. The number of nitrogens with one attached hydrogen (secondary N) is 1. The van der Waals surface area contributed by atoms with Crippen LogP contribution in [0, 0.1) is 0 Å². The highest BCUT2D eigenvalue weighted by Gasteiger charge is 2.22. The molecule has 1 amide bonds. The lowest BCUT2D eigenvalue weighted by molar-refractivity contribution is -0.135. The number of rotatable bonds is 4. The van der Waals surface area contributed by atoms with Gasteiger partial charge in [-0.2, -0.15) is 0 Å². The highest BCUT2D eigenvalue weighted by molar-refractivity contribution is 5.80. The second-order valence-electron chi connectivity index (χ2n) is 5.86. The number of carbonyl (C=O) groups excluding carboxylic acids is 1. The predicted octanol–water partition coefficient (Wildman–Crippen LogP) is 2.37. The van der Waals surface area contributed by atoms with Gasteiger partial charge < -0.3 is 14.8 Å². The summed E-state index contributed by atoms with van der Waals surface area (Å²) in [5.41, 5.74) is 3.84. The van der Waals surface area contributed by atoms with Gasteiger partial charge in [0.2, 0.25) is 5.91 Å². The Morgan fingerprint density at radius 2 is 2.10 bits per heavy atom. The maximum atomic E-state index is 12.1. The summed E-state index contributed by atoms with van der Waals surface area (Å²) in [5.74, 6) is 0.873. The average molecular weight is 289 g/mol. The van der Waals surface area contributed by atoms with Crippen molar-refractivity contribution in [2.75, 3.05) is 13.7 Å². The van der Waals surface area contributed by atoms with Crippen LogP contribution in [0.4, 0.5) is 0 Å². The molecular formula is C17H23NO3. The maximum absolute atomic E-state index is 12.1. The number of hydrogen-bond donors (Lipinski definition) is 1. The Labute approximate surface area is 125 Å². The van der Waals surface area contributed by atoms with E-state index in [9.17, 15) is 4.79 Å². The first-order valence-corrected chi connectivity index (χ1v) is 7.86. The smallest absolute Gasteiger partial charge is 0.249 e. The fraction of sp³-hybridized carbons (Fsp3) is 0.588. The first kappa shape index (κ1) is 14.4. The van der Waals surface area contributed by atoms with Crippen molar-refractivity contribution in [2.24, 2.45) is 0 Å². The molecule has 4 heteroatoms. The molecule has 1 fully saturated rings. The molecule has 21 heavy (non-hydrogen) atoms. The van der Waals surface area contributed by atoms with E-state index in [2.05, 4.69) is 17.4 Å². The van der Waals surface area contributed by atoms with Gasteiger partial charge in [-0.15, -0.1) is 0 Å². The molecular weight excluding hydrogens is 266 g/mol. The van der Waals surface area contributed by atoms with Crippen molar-refractivity contribution in [3.63, 3.8) is 0 Å². The Bertz CT molecular complexity index is 521. The number of fused-ring (bicyclic) bond motifs is 1. The normalized spacial score (nSPS) is 20.9. The van der Waals surface area contributed by atoms with Gasteiger partial charge in [0.15, 0.2) is 0 Å². The number of aryl methyl sites for hydroxylation is 2. The third-order valence-corrected chi connectivity index (χ3v) is 4.42. The van der Waals surface area contributed by atoms with Gasteiger partial charge in [-0.05, 0) is 55.7 Å². The SMILES string of the molecule is COc1cc2c(cc1CNC(=O)[C@@H]1CCCCO1)CCC2. The van der Waals surface area contributed by atoms with E-state index in [4.69, 9.17) is 9.47 Å². The van der Waals surface area contributed by atoms with E-state index in [0.29, 0.717) is 13.2 Å². The minimum Gasteiger partial charge on any atom is -0.496 e. The largest absolute Gasteiger partial charge is 0.496 e. The first-order valence-electron chi connectivity index (χ1n) is 7.86. The minimum absolute atomic E-state index is 0.00254. The molecule has 1 atom stereocenters. The van der Waals surface area contributed by atoms with Crippen molar-refractivity contribution in [2.45, 2.75) is 51.2 Å². The molecule has 1 aliphatic carbocycles. The Morgan fingerprint density at radius 3 is 2.81 bits per heavy atom. The average Bonchev–Trinajstić information content (AvgIpc) is 2.99. The summed E-state index contributed by atoms with van der Waals surface area (Å²) in [4.78, 5) is 12.1. The van der Waals surface area contributed by atoms with E-state index in [1.54, 1.807) is 7.11 Å². The van der Waals surface area contributed by atoms with Gasteiger partial charge >= 0.3 is 0 Å². The molecule has 4 nitrogen and oxygen atoms in total. The second-order valence-corrected chi connectivity index (χ2v) is 5.86. The van der Waals surface area contributed by atoms with Gasteiger partial charge in [-0.3, -0.25) is 4.79 Å². The van der Waals surface area contributed by atoms with Crippen LogP contribution >= 0.6 is 0 Å². The summed E-state index contributed by atoms with van der Waals surface area (Å²) in [6.07, 6.45) is 6.15. The van der Waals surface area contributed by atoms with Crippen molar-refractivity contribution in [1.82, 2.24) is 5.32 Å². The molecule has 0 aromatic heterocycles. The molecule has 3 rings (SSSR count). The lowest BCUT2D eigenvalue weighted by Crippen LogP contribution is -2.38. The third kappa shape index (κ3) is 3.21. The van der Waals surface area contributed by atoms with Crippen molar-refractivity contribution in [3.05, 3.63) is 28.8 Å². The first-order chi connectivity index (χ1) is 10.3. The number of benzene rings is 1. The Hall–Kier alpha value is -1.55. The van der Waals surface area contributed by atoms with Gasteiger partial charge in [-0.1, -0.05) is 6.07 Å². The predicted molar refractivity (Wildman–Crippen MR) is 80.5 cm³/mol. The van der Waals surface area contributed by atoms with Gasteiger partial charge in [-0.25, -0.2) is 0 Å². The van der Waals surface area contributed by atoms with E-state index in [1.807, 2.05) is 0 Å². The second kappa shape index (κ2) is 6.48. The monoisotopic (exact) mass is 289 g/mol. The number of carbonyl (C=O) groups is 1. The van der Waals surface area contributed by atoms with Gasteiger partial charge in [0.05, 0.1) is 7.11 Å². The number of ether oxygens (including phenoxy) is 2. The van der Waals surface area contributed by atoms with Crippen LogP contribution in [0.2, 0.25) is 0 Å². The lowest BCUT2D eigenvalue weighted by Gasteiger charge is -2.22. The molecule has 1 heterocycles. The highest BCUT2D eigenvalue weighted by atomic mass is 16.5. The van der Waals surface area contributed by atoms with Crippen LogP contribution in [0.15, 0.2) is 12.1 Å². The van der Waals surface area contributed by atoms with Crippen molar-refractivity contribution in [1.29, 1.82) is 0 Å². The quantitative estimate of drug-likeness (QED) is 0.925. The van der Waals surface area contributed by atoms with Crippen LogP contribution in [0.5, 0.6) is 5.75 Å². The van der Waals surface area contributed by atoms with Crippen LogP contribution in [0.3, 0.4) is 0 Å². The van der Waals surface area contributed by atoms with Crippen LogP contribution in [0.1, 0.15) is 42.4 Å². The van der Waals surface area contributed by atoms with Crippen LogP contribution in [0.25, 0.3) is 0 Å². The van der Waals surface area contributed by atoms with E-state index < -0.39 is 0 Å². The maximum Gasteiger partial charge on any atom is 0.249 e. The number of hydrogen-bond acceptors (Lipinski definition) is 3. The lowest BCUT2D eigenvalue weighted by atomic mass is 10.0. The molecule has 114 valence electrons. The summed E-state index contributed by atoms with van der Waals surface area (Å²) < 4.78 is 11.0. The standard InChI is InChI=1S/C17H23NO3/c1-20-16-10-13-6-4-5-12(13)9-14(16)11-18-17(19)15-7-2-3-8-21-15/h9-10,15H,2-8,11H2,1H3,(H,18,19)/t15-/m0/s1. The zero-order valence-electron chi connectivity index (χ0n) is 12.6. The van der Waals surface area contributed by atoms with E-state index in [1.165, 1.54) is 17.5 Å². The Morgan fingerprint density at radius 1 is 1.29 bits per heavy atom. The molecule has 2 aliphatic rings. The molecule has 1 N–H and O–H groups in total. The molecule has 1 saturated heterocycles. The topological polar surface area (TPSA) is 47.6 Å². The zero-order valence-corrected chi connectivity index (χ0v) is 12.6. The van der Waals surface area contributed by atoms with Crippen LogP contribution < -0.4 is 10.1 Å².